The molecule has 1 fully saturated rings. The number of aromatic carboxylic acids is 1. The Kier molecular flexibility index (Phi) is 4.83. The van der Waals surface area contributed by atoms with Gasteiger partial charge in [0.05, 0.1) is 0 Å². The predicted octanol–water partition coefficient (Wildman–Crippen LogP) is 1.90. The van der Waals surface area contributed by atoms with E-state index >= 15 is 0 Å². The van der Waals surface area contributed by atoms with Crippen LogP contribution in [0.5, 0.6) is 0 Å². The average Bonchev–Trinajstić information content (AvgIpc) is 3.10. The highest BCUT2D eigenvalue weighted by Crippen LogP contribution is 2.16. The summed E-state index contributed by atoms with van der Waals surface area (Å²) in [5.74, 6) is -2.42. The number of nitrogens with zero attached hydrogens (tertiary/aromatic N) is 1. The summed E-state index contributed by atoms with van der Waals surface area (Å²) >= 11 is 0. The van der Waals surface area contributed by atoms with Gasteiger partial charge in [-0.25, -0.2) is 4.79 Å². The molecule has 2 amide bonds. The number of amides is 2. The van der Waals surface area contributed by atoms with Crippen molar-refractivity contribution >= 4 is 17.8 Å². The molecule has 1 aliphatic rings. The number of hydrogen-bond acceptors (Lipinski definition) is 4. The lowest BCUT2D eigenvalue weighted by atomic mass is 10.0. The van der Waals surface area contributed by atoms with Crippen molar-refractivity contribution in [2.45, 2.75) is 25.4 Å². The molecule has 0 spiro atoms. The Bertz CT molecular complexity index is 784. The number of carbonyl (C=O) groups is 3. The molecule has 1 aromatic heterocycles. The summed E-state index contributed by atoms with van der Waals surface area (Å²) < 4.78 is 4.97. The van der Waals surface area contributed by atoms with Crippen LogP contribution >= 0.6 is 0 Å². The molecule has 1 aromatic carbocycles. The van der Waals surface area contributed by atoms with Gasteiger partial charge >= 0.3 is 5.97 Å². The zero-order chi connectivity index (χ0) is 17.8. The van der Waals surface area contributed by atoms with Crippen molar-refractivity contribution in [3.8, 4) is 0 Å². The molecule has 2 aromatic rings. The number of benzene rings is 1. The van der Waals surface area contributed by atoms with Gasteiger partial charge in [0.1, 0.15) is 6.04 Å². The van der Waals surface area contributed by atoms with E-state index < -0.39 is 17.9 Å². The second-order valence-corrected chi connectivity index (χ2v) is 5.88. The van der Waals surface area contributed by atoms with Crippen LogP contribution in [0.15, 0.2) is 46.9 Å². The third-order valence-electron chi connectivity index (χ3n) is 4.09. The lowest BCUT2D eigenvalue weighted by Crippen LogP contribution is -2.51. The standard InChI is InChI=1S/C18H18N2O5/c21-16(14-8-9-15(25-14)18(23)24)19-13-7-4-10-20(17(13)22)11-12-5-2-1-3-6-12/h1-3,5-6,8-9,13H,4,7,10-11H2,(H,19,21)(H,23,24). The monoisotopic (exact) mass is 342 g/mol. The van der Waals surface area contributed by atoms with E-state index in [1.807, 2.05) is 30.3 Å². The Morgan fingerprint density at radius 1 is 1.16 bits per heavy atom. The van der Waals surface area contributed by atoms with Crippen LogP contribution in [-0.4, -0.2) is 40.4 Å². The Labute approximate surface area is 144 Å². The van der Waals surface area contributed by atoms with Crippen molar-refractivity contribution in [1.29, 1.82) is 0 Å². The molecule has 2 heterocycles. The van der Waals surface area contributed by atoms with E-state index in [4.69, 9.17) is 9.52 Å². The van der Waals surface area contributed by atoms with Crippen LogP contribution in [0.25, 0.3) is 0 Å². The number of rotatable bonds is 5. The molecule has 1 saturated heterocycles. The molecule has 0 saturated carbocycles. The van der Waals surface area contributed by atoms with Crippen molar-refractivity contribution in [3.63, 3.8) is 0 Å². The van der Waals surface area contributed by atoms with Crippen molar-refractivity contribution < 1.29 is 23.9 Å². The molecule has 7 heteroatoms. The third kappa shape index (κ3) is 3.88. The summed E-state index contributed by atoms with van der Waals surface area (Å²) in [6.45, 7) is 1.14. The SMILES string of the molecule is O=C(O)c1ccc(C(=O)NC2CCCN(Cc3ccccc3)C2=O)o1. The Morgan fingerprint density at radius 3 is 2.56 bits per heavy atom. The summed E-state index contributed by atoms with van der Waals surface area (Å²) in [5.41, 5.74) is 1.03. The first kappa shape index (κ1) is 16.8. The van der Waals surface area contributed by atoms with Gasteiger partial charge in [-0.1, -0.05) is 30.3 Å². The quantitative estimate of drug-likeness (QED) is 0.864. The number of hydrogen-bond donors (Lipinski definition) is 2. The molecule has 1 atom stereocenters. The molecule has 0 radical (unpaired) electrons. The molecule has 7 nitrogen and oxygen atoms in total. The Balaban J connectivity index is 1.64. The van der Waals surface area contributed by atoms with Gasteiger partial charge in [-0.2, -0.15) is 0 Å². The van der Waals surface area contributed by atoms with Crippen molar-refractivity contribution in [3.05, 3.63) is 59.5 Å². The zero-order valence-corrected chi connectivity index (χ0v) is 13.5. The molecule has 1 unspecified atom stereocenters. The number of likely N-dealkylation sites (tertiary alicyclic amines) is 1. The van der Waals surface area contributed by atoms with E-state index in [0.717, 1.165) is 12.0 Å². The second kappa shape index (κ2) is 7.21. The van der Waals surface area contributed by atoms with Gasteiger partial charge in [-0.05, 0) is 30.5 Å². The van der Waals surface area contributed by atoms with E-state index in [-0.39, 0.29) is 17.4 Å². The van der Waals surface area contributed by atoms with E-state index in [0.29, 0.717) is 19.5 Å². The van der Waals surface area contributed by atoms with Gasteiger partial charge in [0.15, 0.2) is 5.76 Å². The Morgan fingerprint density at radius 2 is 1.88 bits per heavy atom. The molecular weight excluding hydrogens is 324 g/mol. The van der Waals surface area contributed by atoms with Gasteiger partial charge in [-0.15, -0.1) is 0 Å². The number of carboxylic acids is 1. The predicted molar refractivity (Wildman–Crippen MR) is 88.0 cm³/mol. The van der Waals surface area contributed by atoms with Crippen LogP contribution < -0.4 is 5.32 Å². The molecule has 3 rings (SSSR count). The summed E-state index contributed by atoms with van der Waals surface area (Å²) in [6.07, 6.45) is 1.32. The maximum absolute atomic E-state index is 12.6. The number of carboxylic acid groups (broad SMARTS) is 1. The lowest BCUT2D eigenvalue weighted by molar-refractivity contribution is -0.136. The van der Waals surface area contributed by atoms with Crippen molar-refractivity contribution in [2.75, 3.05) is 6.54 Å². The zero-order valence-electron chi connectivity index (χ0n) is 13.5. The van der Waals surface area contributed by atoms with E-state index in [2.05, 4.69) is 5.32 Å². The van der Waals surface area contributed by atoms with Gasteiger partial charge < -0.3 is 19.7 Å². The summed E-state index contributed by atoms with van der Waals surface area (Å²) in [7, 11) is 0. The first-order chi connectivity index (χ1) is 12.0. The number of nitrogens with one attached hydrogen (secondary N) is 1. The number of furan rings is 1. The van der Waals surface area contributed by atoms with Gasteiger partial charge in [-0.3, -0.25) is 9.59 Å². The van der Waals surface area contributed by atoms with Crippen molar-refractivity contribution in [1.82, 2.24) is 10.2 Å². The van der Waals surface area contributed by atoms with Gasteiger partial charge in [0.2, 0.25) is 11.7 Å². The smallest absolute Gasteiger partial charge is 0.371 e. The summed E-state index contributed by atoms with van der Waals surface area (Å²) in [5, 5.41) is 11.5. The minimum absolute atomic E-state index is 0.120. The summed E-state index contributed by atoms with van der Waals surface area (Å²) in [6, 6.07) is 11.5. The third-order valence-corrected chi connectivity index (χ3v) is 4.09. The maximum Gasteiger partial charge on any atom is 0.371 e. The molecule has 1 aliphatic heterocycles. The summed E-state index contributed by atoms with van der Waals surface area (Å²) in [4.78, 5) is 37.3. The molecular formula is C18H18N2O5. The number of piperidine rings is 1. The molecule has 25 heavy (non-hydrogen) atoms. The van der Waals surface area contributed by atoms with Crippen LogP contribution in [0.1, 0.15) is 39.5 Å². The van der Waals surface area contributed by atoms with Crippen LogP contribution in [0.2, 0.25) is 0 Å². The fourth-order valence-electron chi connectivity index (χ4n) is 2.84. The maximum atomic E-state index is 12.6. The van der Waals surface area contributed by atoms with E-state index in [1.54, 1.807) is 4.90 Å². The normalized spacial score (nSPS) is 17.4. The molecule has 0 bridgehead atoms. The van der Waals surface area contributed by atoms with Crippen LogP contribution in [0.4, 0.5) is 0 Å². The van der Waals surface area contributed by atoms with E-state index in [1.165, 1.54) is 12.1 Å². The first-order valence-electron chi connectivity index (χ1n) is 8.01. The molecule has 0 aliphatic carbocycles. The highest BCUT2D eigenvalue weighted by Gasteiger charge is 2.30. The molecule has 2 N–H and O–H groups in total. The lowest BCUT2D eigenvalue weighted by Gasteiger charge is -2.32. The largest absolute Gasteiger partial charge is 0.475 e. The highest BCUT2D eigenvalue weighted by molar-refractivity contribution is 5.96. The topological polar surface area (TPSA) is 99.8 Å². The van der Waals surface area contributed by atoms with Crippen LogP contribution in [0.3, 0.4) is 0 Å². The van der Waals surface area contributed by atoms with Crippen LogP contribution in [-0.2, 0) is 11.3 Å². The fraction of sp³-hybridized carbons (Fsp3) is 0.278. The van der Waals surface area contributed by atoms with Gasteiger partial charge in [0, 0.05) is 13.1 Å². The highest BCUT2D eigenvalue weighted by atomic mass is 16.4. The Hall–Kier alpha value is -3.09. The van der Waals surface area contributed by atoms with Crippen molar-refractivity contribution in [2.24, 2.45) is 0 Å². The minimum atomic E-state index is -1.25. The first-order valence-corrected chi connectivity index (χ1v) is 8.01. The van der Waals surface area contributed by atoms with Crippen LogP contribution in [0, 0.1) is 0 Å². The average molecular weight is 342 g/mol. The number of carbonyl (C=O) groups excluding carboxylic acids is 2. The van der Waals surface area contributed by atoms with Gasteiger partial charge in [0.25, 0.3) is 5.91 Å². The fourth-order valence-corrected chi connectivity index (χ4v) is 2.84. The second-order valence-electron chi connectivity index (χ2n) is 5.88. The minimum Gasteiger partial charge on any atom is -0.475 e. The molecule has 130 valence electrons. The van der Waals surface area contributed by atoms with E-state index in [9.17, 15) is 14.4 Å².